The van der Waals surface area contributed by atoms with Crippen LogP contribution >= 0.6 is 0 Å². The van der Waals surface area contributed by atoms with Crippen LogP contribution in [-0.4, -0.2) is 67.4 Å². The molecule has 0 aromatic heterocycles. The summed E-state index contributed by atoms with van der Waals surface area (Å²) in [5, 5.41) is 15.1. The number of nitrogens with one attached hydrogen (secondary N) is 2. The number of hydrogen-bond donors (Lipinski definition) is 3. The van der Waals surface area contributed by atoms with Gasteiger partial charge in [0.05, 0.1) is 5.92 Å². The summed E-state index contributed by atoms with van der Waals surface area (Å²) in [6.07, 6.45) is 0.910. The maximum atomic E-state index is 10.6. The molecule has 8 heteroatoms. The van der Waals surface area contributed by atoms with Crippen molar-refractivity contribution in [2.24, 2.45) is 5.92 Å². The summed E-state index contributed by atoms with van der Waals surface area (Å²) < 4.78 is 16.0. The van der Waals surface area contributed by atoms with Gasteiger partial charge in [-0.1, -0.05) is 6.92 Å². The lowest BCUT2D eigenvalue weighted by molar-refractivity contribution is -0.140. The molecule has 0 fully saturated rings. The average molecular weight is 308 g/mol. The van der Waals surface area contributed by atoms with Crippen molar-refractivity contribution in [1.29, 1.82) is 0 Å². The monoisotopic (exact) mass is 308 g/mol. The van der Waals surface area contributed by atoms with Crippen LogP contribution in [0.3, 0.4) is 0 Å². The van der Waals surface area contributed by atoms with Crippen LogP contribution < -0.4 is 10.6 Å². The zero-order chi connectivity index (χ0) is 15.4. The Labute approximate surface area is 122 Å². The average Bonchev–Trinajstić information content (AvgIpc) is 2.46. The van der Waals surface area contributed by atoms with Crippen LogP contribution in [0.4, 0.5) is 0 Å². The van der Waals surface area contributed by atoms with E-state index in [1.54, 1.807) is 28.3 Å². The van der Waals surface area contributed by atoms with Gasteiger partial charge in [-0.05, 0) is 13.0 Å². The molecule has 0 amide bonds. The van der Waals surface area contributed by atoms with Crippen LogP contribution in [0.25, 0.3) is 0 Å². The molecule has 0 heterocycles. The number of aliphatic carboxylic acids is 1. The fourth-order valence-corrected chi connectivity index (χ4v) is 3.42. The Bertz CT molecular complexity index is 256. The Morgan fingerprint density at radius 1 is 1.10 bits per heavy atom. The molecule has 0 spiro atoms. The SMILES string of the molecule is CO[Si](CCCNCCNCC(C)C(=O)O)(OC)OC. The molecule has 0 bridgehead atoms. The van der Waals surface area contributed by atoms with Gasteiger partial charge >= 0.3 is 14.8 Å². The van der Waals surface area contributed by atoms with E-state index >= 15 is 0 Å². The molecule has 0 saturated carbocycles. The van der Waals surface area contributed by atoms with E-state index in [1.165, 1.54) is 0 Å². The fourth-order valence-electron chi connectivity index (χ4n) is 1.69. The molecule has 0 aliphatic rings. The van der Waals surface area contributed by atoms with Crippen molar-refractivity contribution >= 4 is 14.8 Å². The van der Waals surface area contributed by atoms with E-state index in [0.717, 1.165) is 32.1 Å². The van der Waals surface area contributed by atoms with Crippen molar-refractivity contribution in [2.45, 2.75) is 19.4 Å². The highest BCUT2D eigenvalue weighted by molar-refractivity contribution is 6.60. The standard InChI is InChI=1S/C12H28N2O5Si/c1-11(12(15)16)10-14-8-7-13-6-5-9-20(17-2,18-3)19-4/h11,13-14H,5-10H2,1-4H3,(H,15,16). The van der Waals surface area contributed by atoms with Crippen LogP contribution in [0.15, 0.2) is 0 Å². The quantitative estimate of drug-likeness (QED) is 0.330. The summed E-state index contributed by atoms with van der Waals surface area (Å²) in [6.45, 7) is 4.57. The zero-order valence-corrected chi connectivity index (χ0v) is 13.9. The van der Waals surface area contributed by atoms with Crippen molar-refractivity contribution < 1.29 is 23.2 Å². The first-order chi connectivity index (χ1) is 9.51. The van der Waals surface area contributed by atoms with E-state index in [-0.39, 0.29) is 5.92 Å². The number of rotatable bonds is 13. The highest BCUT2D eigenvalue weighted by Gasteiger charge is 2.36. The summed E-state index contributed by atoms with van der Waals surface area (Å²) in [6, 6.07) is 0.771. The van der Waals surface area contributed by atoms with Crippen molar-refractivity contribution in [3.8, 4) is 0 Å². The minimum Gasteiger partial charge on any atom is -0.481 e. The summed E-state index contributed by atoms with van der Waals surface area (Å²) in [7, 11) is 2.39. The van der Waals surface area contributed by atoms with E-state index in [0.29, 0.717) is 6.54 Å². The minimum atomic E-state index is -2.44. The summed E-state index contributed by atoms with van der Waals surface area (Å²) in [5.41, 5.74) is 0. The van der Waals surface area contributed by atoms with Crippen molar-refractivity contribution in [1.82, 2.24) is 10.6 Å². The van der Waals surface area contributed by atoms with Gasteiger partial charge in [-0.3, -0.25) is 4.79 Å². The van der Waals surface area contributed by atoms with Gasteiger partial charge in [-0.2, -0.15) is 0 Å². The maximum Gasteiger partial charge on any atom is 0.500 e. The first kappa shape index (κ1) is 19.5. The highest BCUT2D eigenvalue weighted by atomic mass is 28.4. The van der Waals surface area contributed by atoms with E-state index in [2.05, 4.69) is 10.6 Å². The van der Waals surface area contributed by atoms with Gasteiger partial charge in [-0.25, -0.2) is 0 Å². The lowest BCUT2D eigenvalue weighted by Gasteiger charge is -2.24. The summed E-state index contributed by atoms with van der Waals surface area (Å²) >= 11 is 0. The van der Waals surface area contributed by atoms with Crippen molar-refractivity contribution in [3.05, 3.63) is 0 Å². The molecule has 0 aromatic carbocycles. The Hall–Kier alpha value is -0.513. The number of hydrogen-bond acceptors (Lipinski definition) is 6. The van der Waals surface area contributed by atoms with Crippen LogP contribution in [0.1, 0.15) is 13.3 Å². The van der Waals surface area contributed by atoms with Gasteiger partial charge in [0, 0.05) is 47.0 Å². The largest absolute Gasteiger partial charge is 0.500 e. The first-order valence-electron chi connectivity index (χ1n) is 6.81. The van der Waals surface area contributed by atoms with Gasteiger partial charge in [0.25, 0.3) is 0 Å². The second-order valence-corrected chi connectivity index (χ2v) is 7.68. The van der Waals surface area contributed by atoms with Crippen molar-refractivity contribution in [3.63, 3.8) is 0 Å². The molecule has 20 heavy (non-hydrogen) atoms. The van der Waals surface area contributed by atoms with E-state index < -0.39 is 14.8 Å². The van der Waals surface area contributed by atoms with Gasteiger partial charge in [0.2, 0.25) is 0 Å². The third-order valence-corrected chi connectivity index (χ3v) is 5.95. The zero-order valence-electron chi connectivity index (χ0n) is 12.9. The number of carboxylic acid groups (broad SMARTS) is 1. The maximum absolute atomic E-state index is 10.6. The minimum absolute atomic E-state index is 0.355. The molecule has 7 nitrogen and oxygen atoms in total. The van der Waals surface area contributed by atoms with Gasteiger partial charge < -0.3 is 29.0 Å². The Morgan fingerprint density at radius 3 is 2.15 bits per heavy atom. The molecular weight excluding hydrogens is 280 g/mol. The van der Waals surface area contributed by atoms with Crippen LogP contribution in [0, 0.1) is 5.92 Å². The van der Waals surface area contributed by atoms with Crippen LogP contribution in [-0.2, 0) is 18.1 Å². The van der Waals surface area contributed by atoms with E-state index in [1.807, 2.05) is 0 Å². The molecule has 0 aliphatic carbocycles. The molecule has 0 aromatic rings. The first-order valence-corrected chi connectivity index (χ1v) is 8.74. The molecule has 0 aliphatic heterocycles. The van der Waals surface area contributed by atoms with Crippen LogP contribution in [0.2, 0.25) is 6.04 Å². The van der Waals surface area contributed by atoms with Crippen molar-refractivity contribution in [2.75, 3.05) is 47.5 Å². The molecule has 1 atom stereocenters. The Morgan fingerprint density at radius 2 is 1.65 bits per heavy atom. The lowest BCUT2D eigenvalue weighted by atomic mass is 10.2. The van der Waals surface area contributed by atoms with E-state index in [9.17, 15) is 4.79 Å². The predicted molar refractivity (Wildman–Crippen MR) is 78.7 cm³/mol. The molecule has 1 unspecified atom stereocenters. The van der Waals surface area contributed by atoms with Crippen LogP contribution in [0.5, 0.6) is 0 Å². The highest BCUT2D eigenvalue weighted by Crippen LogP contribution is 2.14. The fraction of sp³-hybridized carbons (Fsp3) is 0.917. The molecule has 0 saturated heterocycles. The molecule has 0 rings (SSSR count). The van der Waals surface area contributed by atoms with Gasteiger partial charge in [0.1, 0.15) is 0 Å². The Balaban J connectivity index is 3.51. The smallest absolute Gasteiger partial charge is 0.481 e. The molecule has 120 valence electrons. The molecule has 0 radical (unpaired) electrons. The van der Waals surface area contributed by atoms with Gasteiger partial charge in [-0.15, -0.1) is 0 Å². The normalized spacial score (nSPS) is 13.4. The molecular formula is C12H28N2O5Si. The van der Waals surface area contributed by atoms with E-state index in [4.69, 9.17) is 18.4 Å². The lowest BCUT2D eigenvalue weighted by Crippen LogP contribution is -2.43. The third kappa shape index (κ3) is 7.93. The Kier molecular flexibility index (Phi) is 10.9. The second-order valence-electron chi connectivity index (χ2n) is 4.59. The topological polar surface area (TPSA) is 89.1 Å². The number of carboxylic acids is 1. The second kappa shape index (κ2) is 11.2. The predicted octanol–water partition coefficient (Wildman–Crippen LogP) is 0.155. The summed E-state index contributed by atoms with van der Waals surface area (Å²) in [4.78, 5) is 10.6. The third-order valence-electron chi connectivity index (χ3n) is 3.12. The van der Waals surface area contributed by atoms with Gasteiger partial charge in [0.15, 0.2) is 0 Å². The molecule has 3 N–H and O–H groups in total. The summed E-state index contributed by atoms with van der Waals surface area (Å²) in [5.74, 6) is -1.13. The number of carbonyl (C=O) groups is 1.